The van der Waals surface area contributed by atoms with E-state index in [0.29, 0.717) is 29.2 Å². The summed E-state index contributed by atoms with van der Waals surface area (Å²) >= 11 is 6.99. The molecule has 0 aromatic carbocycles. The van der Waals surface area contributed by atoms with Crippen molar-refractivity contribution in [3.63, 3.8) is 0 Å². The Morgan fingerprint density at radius 1 is 1.47 bits per heavy atom. The summed E-state index contributed by atoms with van der Waals surface area (Å²) in [5, 5.41) is 1.81. The highest BCUT2D eigenvalue weighted by molar-refractivity contribution is 7.91. The van der Waals surface area contributed by atoms with Crippen LogP contribution < -0.4 is 0 Å². The van der Waals surface area contributed by atoms with Gasteiger partial charge in [-0.3, -0.25) is 0 Å². The lowest BCUT2D eigenvalue weighted by Crippen LogP contribution is -2.52. The molecule has 0 spiro atoms. The van der Waals surface area contributed by atoms with E-state index in [4.69, 9.17) is 11.6 Å². The minimum absolute atomic E-state index is 0.302. The zero-order chi connectivity index (χ0) is 14.0. The molecule has 19 heavy (non-hydrogen) atoms. The van der Waals surface area contributed by atoms with E-state index < -0.39 is 10.0 Å². The van der Waals surface area contributed by atoms with Gasteiger partial charge in [-0.1, -0.05) is 6.92 Å². The molecule has 0 amide bonds. The first-order chi connectivity index (χ1) is 8.98. The zero-order valence-corrected chi connectivity index (χ0v) is 13.6. The minimum atomic E-state index is -3.35. The van der Waals surface area contributed by atoms with Crippen LogP contribution in [0.1, 0.15) is 18.9 Å². The molecule has 0 radical (unpaired) electrons. The first-order valence-electron chi connectivity index (χ1n) is 6.32. The molecule has 7 heteroatoms. The average Bonchev–Trinajstić information content (AvgIpc) is 2.88. The van der Waals surface area contributed by atoms with Crippen molar-refractivity contribution in [2.24, 2.45) is 0 Å². The summed E-state index contributed by atoms with van der Waals surface area (Å²) in [5.74, 6) is 0.354. The third-order valence-electron chi connectivity index (χ3n) is 3.59. The summed E-state index contributed by atoms with van der Waals surface area (Å²) in [4.78, 5) is 2.23. The molecule has 0 N–H and O–H groups in total. The molecule has 0 bridgehead atoms. The molecule has 4 nitrogen and oxygen atoms in total. The molecule has 2 rings (SSSR count). The van der Waals surface area contributed by atoms with Gasteiger partial charge in [0, 0.05) is 31.6 Å². The monoisotopic (exact) mass is 322 g/mol. The summed E-state index contributed by atoms with van der Waals surface area (Å²) in [7, 11) is -1.30. The Labute approximate surface area is 124 Å². The fraction of sp³-hybridized carbons (Fsp3) is 0.667. The van der Waals surface area contributed by atoms with Crippen LogP contribution in [0.5, 0.6) is 0 Å². The summed E-state index contributed by atoms with van der Waals surface area (Å²) < 4.78 is 27.1. The molecule has 1 fully saturated rings. The lowest BCUT2D eigenvalue weighted by molar-refractivity contribution is 0.144. The predicted molar refractivity (Wildman–Crippen MR) is 79.3 cm³/mol. The average molecular weight is 323 g/mol. The van der Waals surface area contributed by atoms with Gasteiger partial charge in [0.2, 0.25) is 0 Å². The third-order valence-corrected chi connectivity index (χ3v) is 7.23. The van der Waals surface area contributed by atoms with Gasteiger partial charge in [0.15, 0.2) is 0 Å². The maximum Gasteiger partial charge on any atom is 0.252 e. The van der Waals surface area contributed by atoms with Crippen LogP contribution in [-0.4, -0.2) is 50.3 Å². The van der Waals surface area contributed by atoms with Gasteiger partial charge in [-0.15, -0.1) is 22.9 Å². The number of likely N-dealkylation sites (N-methyl/N-ethyl adjacent to an activating group) is 1. The maximum atomic E-state index is 12.6. The SMILES string of the molecule is CCC1CN(S(=O)(=O)c2cc(CCl)cs2)CCN1C. The van der Waals surface area contributed by atoms with Crippen molar-refractivity contribution >= 4 is 33.0 Å². The predicted octanol–water partition coefficient (Wildman–Crippen LogP) is 2.20. The molecule has 0 saturated carbocycles. The van der Waals surface area contributed by atoms with E-state index in [1.165, 1.54) is 11.3 Å². The molecule has 1 aliphatic heterocycles. The van der Waals surface area contributed by atoms with Gasteiger partial charge in [0.25, 0.3) is 10.0 Å². The minimum Gasteiger partial charge on any atom is -0.301 e. The van der Waals surface area contributed by atoms with E-state index in [2.05, 4.69) is 18.9 Å². The number of nitrogens with zero attached hydrogens (tertiary/aromatic N) is 2. The molecule has 1 aliphatic rings. The van der Waals surface area contributed by atoms with Crippen LogP contribution in [-0.2, 0) is 15.9 Å². The first-order valence-corrected chi connectivity index (χ1v) is 9.18. The van der Waals surface area contributed by atoms with Crippen molar-refractivity contribution < 1.29 is 8.42 Å². The van der Waals surface area contributed by atoms with E-state index in [-0.39, 0.29) is 0 Å². The van der Waals surface area contributed by atoms with Crippen LogP contribution in [0.4, 0.5) is 0 Å². The standard InChI is InChI=1S/C12H19ClN2O2S2/c1-3-11-8-15(5-4-14(11)2)19(16,17)12-6-10(7-13)9-18-12/h6,9,11H,3-5,7-8H2,1-2H3. The second-order valence-electron chi connectivity index (χ2n) is 4.81. The number of hydrogen-bond acceptors (Lipinski definition) is 4. The van der Waals surface area contributed by atoms with Crippen molar-refractivity contribution in [1.82, 2.24) is 9.21 Å². The van der Waals surface area contributed by atoms with Crippen LogP contribution in [0.2, 0.25) is 0 Å². The van der Waals surface area contributed by atoms with Crippen molar-refractivity contribution in [3.8, 4) is 0 Å². The lowest BCUT2D eigenvalue weighted by atomic mass is 10.1. The molecule has 108 valence electrons. The quantitative estimate of drug-likeness (QED) is 0.798. The van der Waals surface area contributed by atoms with E-state index >= 15 is 0 Å². The molecule has 0 aliphatic carbocycles. The van der Waals surface area contributed by atoms with Crippen LogP contribution in [0.15, 0.2) is 15.7 Å². The summed E-state index contributed by atoms with van der Waals surface area (Å²) in [6.45, 7) is 4.01. The Kier molecular flexibility index (Phi) is 4.89. The number of hydrogen-bond donors (Lipinski definition) is 0. The molecule has 1 unspecified atom stereocenters. The Morgan fingerprint density at radius 3 is 2.79 bits per heavy atom. The second kappa shape index (κ2) is 6.10. The second-order valence-corrected chi connectivity index (χ2v) is 8.16. The maximum absolute atomic E-state index is 12.6. The molecule has 2 heterocycles. The number of halogens is 1. The van der Waals surface area contributed by atoms with Crippen molar-refractivity contribution in [2.45, 2.75) is 29.5 Å². The van der Waals surface area contributed by atoms with Crippen LogP contribution in [0.25, 0.3) is 0 Å². The van der Waals surface area contributed by atoms with Gasteiger partial charge < -0.3 is 4.90 Å². The molecule has 1 saturated heterocycles. The molecular formula is C12H19ClN2O2S2. The van der Waals surface area contributed by atoms with Gasteiger partial charge >= 0.3 is 0 Å². The van der Waals surface area contributed by atoms with Crippen LogP contribution in [0.3, 0.4) is 0 Å². The molecule has 1 aromatic rings. The van der Waals surface area contributed by atoms with Gasteiger partial charge in [0.05, 0.1) is 0 Å². The van der Waals surface area contributed by atoms with E-state index in [0.717, 1.165) is 18.5 Å². The van der Waals surface area contributed by atoms with Crippen LogP contribution in [0, 0.1) is 0 Å². The van der Waals surface area contributed by atoms with Gasteiger partial charge in [0.1, 0.15) is 4.21 Å². The number of thiophene rings is 1. The Balaban J connectivity index is 2.20. The number of alkyl halides is 1. The van der Waals surface area contributed by atoms with E-state index in [9.17, 15) is 8.42 Å². The highest BCUT2D eigenvalue weighted by Crippen LogP contribution is 2.26. The van der Waals surface area contributed by atoms with E-state index in [1.54, 1.807) is 10.4 Å². The smallest absolute Gasteiger partial charge is 0.252 e. The zero-order valence-electron chi connectivity index (χ0n) is 11.2. The largest absolute Gasteiger partial charge is 0.301 e. The summed E-state index contributed by atoms with van der Waals surface area (Å²) in [5.41, 5.74) is 0.867. The fourth-order valence-corrected chi connectivity index (χ4v) is 5.34. The van der Waals surface area contributed by atoms with Crippen molar-refractivity contribution in [3.05, 3.63) is 17.0 Å². The Hall–Kier alpha value is -0.140. The molecular weight excluding hydrogens is 304 g/mol. The van der Waals surface area contributed by atoms with Gasteiger partial charge in [-0.05, 0) is 30.5 Å². The number of sulfonamides is 1. The lowest BCUT2D eigenvalue weighted by Gasteiger charge is -2.38. The highest BCUT2D eigenvalue weighted by Gasteiger charge is 2.32. The van der Waals surface area contributed by atoms with Gasteiger partial charge in [-0.25, -0.2) is 8.42 Å². The summed E-state index contributed by atoms with van der Waals surface area (Å²) in [6, 6.07) is 1.99. The van der Waals surface area contributed by atoms with Crippen molar-refractivity contribution in [2.75, 3.05) is 26.7 Å². The normalized spacial score (nSPS) is 22.8. The number of piperazine rings is 1. The van der Waals surface area contributed by atoms with Crippen molar-refractivity contribution in [1.29, 1.82) is 0 Å². The first kappa shape index (κ1) is 15.3. The summed E-state index contributed by atoms with van der Waals surface area (Å²) in [6.07, 6.45) is 0.958. The van der Waals surface area contributed by atoms with Crippen LogP contribution >= 0.6 is 22.9 Å². The number of rotatable bonds is 4. The van der Waals surface area contributed by atoms with Gasteiger partial charge in [-0.2, -0.15) is 4.31 Å². The molecule has 1 atom stereocenters. The fourth-order valence-electron chi connectivity index (χ4n) is 2.26. The molecule has 1 aromatic heterocycles. The van der Waals surface area contributed by atoms with E-state index in [1.807, 2.05) is 5.38 Å². The third kappa shape index (κ3) is 3.13. The highest BCUT2D eigenvalue weighted by atomic mass is 35.5. The topological polar surface area (TPSA) is 40.6 Å². The Bertz CT molecular complexity index is 530. The Morgan fingerprint density at radius 2 is 2.21 bits per heavy atom.